The highest BCUT2D eigenvalue weighted by molar-refractivity contribution is 6.33. The summed E-state index contributed by atoms with van der Waals surface area (Å²) in [4.78, 5) is 0. The van der Waals surface area contributed by atoms with Crippen LogP contribution in [-0.4, -0.2) is 7.28 Å². The van der Waals surface area contributed by atoms with Crippen molar-refractivity contribution < 1.29 is 0 Å². The maximum absolute atomic E-state index is 2.12. The third kappa shape index (κ3) is 262. The molecule has 0 fully saturated rings. The van der Waals surface area contributed by atoms with Crippen molar-refractivity contribution in [1.82, 2.24) is 0 Å². The van der Waals surface area contributed by atoms with Crippen molar-refractivity contribution in [2.75, 3.05) is 0 Å². The van der Waals surface area contributed by atoms with Crippen LogP contribution in [0, 0.1) is 0 Å². The average Bonchev–Trinajstić information content (AvgIpc) is 1.37. The van der Waals surface area contributed by atoms with Gasteiger partial charge < -0.3 is 0 Å². The lowest BCUT2D eigenvalue weighted by atomic mass is 9.79. The van der Waals surface area contributed by atoms with Gasteiger partial charge >= 0.3 is 0 Å². The molecule has 0 unspecified atom stereocenters. The molecule has 0 saturated carbocycles. The van der Waals surface area contributed by atoms with Gasteiger partial charge in [-0.15, -0.1) is 0 Å². The minimum atomic E-state index is 0. The second-order valence-corrected chi connectivity index (χ2v) is 0.816. The molecular formula is C8H28B. The quantitative estimate of drug-likeness (QED) is 0.468. The zero-order valence-corrected chi connectivity index (χ0v) is 3.28. The Morgan fingerprint density at radius 3 is 1.00 bits per heavy atom. The fraction of sp³-hybridized carbons (Fsp3) is 1.00. The van der Waals surface area contributed by atoms with E-state index < -0.39 is 0 Å². The molecule has 0 aromatic rings. The Balaban J connectivity index is -0.00000000450. The van der Waals surface area contributed by atoms with E-state index in [4.69, 9.17) is 0 Å². The van der Waals surface area contributed by atoms with Crippen molar-refractivity contribution in [3.8, 4) is 0 Å². The summed E-state index contributed by atoms with van der Waals surface area (Å²) < 4.78 is 0. The van der Waals surface area contributed by atoms with Crippen LogP contribution >= 0.6 is 0 Å². The molecule has 63 valence electrons. The smallest absolute Gasteiger partial charge is 0.0920 e. The minimum Gasteiger partial charge on any atom is -0.0920 e. The molecule has 0 N–H and O–H groups in total. The van der Waals surface area contributed by atoms with Crippen LogP contribution in [0.3, 0.4) is 0 Å². The summed E-state index contributed by atoms with van der Waals surface area (Å²) in [6.07, 6.45) is 1.19. The predicted octanol–water partition coefficient (Wildman–Crippen LogP) is 4.36. The third-order valence-corrected chi connectivity index (χ3v) is 0.408. The Kier molecular flexibility index (Phi) is 658. The van der Waals surface area contributed by atoms with Gasteiger partial charge in [-0.3, -0.25) is 0 Å². The molecule has 0 aromatic heterocycles. The fourth-order valence-corrected chi connectivity index (χ4v) is 0. The molecule has 1 heteroatoms. The molecule has 0 aromatic carbocycles. The molecule has 0 aliphatic carbocycles. The molecule has 9 heavy (non-hydrogen) atoms. The van der Waals surface area contributed by atoms with Gasteiger partial charge in [-0.2, -0.15) is 0 Å². The van der Waals surface area contributed by atoms with Crippen LogP contribution in [-0.2, 0) is 0 Å². The standard InChI is InChI=1S/C3H8B.5CH4/c1-3-4-2;;;;;/h3H2,1-2H3;5*1H4. The Morgan fingerprint density at radius 1 is 0.889 bits per heavy atom. The zero-order valence-electron chi connectivity index (χ0n) is 3.28. The highest BCUT2D eigenvalue weighted by Crippen LogP contribution is 1.64. The summed E-state index contributed by atoms with van der Waals surface area (Å²) in [5.41, 5.74) is 0. The fourth-order valence-electron chi connectivity index (χ4n) is 0. The molecule has 0 aliphatic rings. The van der Waals surface area contributed by atoms with Crippen LogP contribution < -0.4 is 0 Å². The van der Waals surface area contributed by atoms with Crippen molar-refractivity contribution in [3.63, 3.8) is 0 Å². The van der Waals surface area contributed by atoms with Crippen molar-refractivity contribution in [1.29, 1.82) is 0 Å². The van der Waals surface area contributed by atoms with E-state index in [2.05, 4.69) is 21.0 Å². The normalized spacial score (nSPS) is 2.89. The van der Waals surface area contributed by atoms with E-state index in [-0.39, 0.29) is 37.1 Å². The topological polar surface area (TPSA) is 0 Å². The summed E-state index contributed by atoms with van der Waals surface area (Å²) in [7, 11) is 2.12. The van der Waals surface area contributed by atoms with E-state index in [1.165, 1.54) is 6.32 Å². The highest BCUT2D eigenvalue weighted by Gasteiger charge is 1.61. The van der Waals surface area contributed by atoms with Gasteiger partial charge in [0.05, 0.1) is 0 Å². The maximum Gasteiger partial charge on any atom is 0.105 e. The zero-order chi connectivity index (χ0) is 3.41. The Bertz CT molecular complexity index is 6.53. The van der Waals surface area contributed by atoms with E-state index in [0.29, 0.717) is 0 Å². The second kappa shape index (κ2) is 94.4. The van der Waals surface area contributed by atoms with Gasteiger partial charge in [-0.05, 0) is 0 Å². The van der Waals surface area contributed by atoms with E-state index in [9.17, 15) is 0 Å². The summed E-state index contributed by atoms with van der Waals surface area (Å²) in [6, 6.07) is 0. The lowest BCUT2D eigenvalue weighted by Gasteiger charge is -1.64. The molecule has 0 bridgehead atoms. The van der Waals surface area contributed by atoms with Gasteiger partial charge in [0, 0.05) is 0 Å². The van der Waals surface area contributed by atoms with Crippen molar-refractivity contribution in [3.05, 3.63) is 0 Å². The first kappa shape index (κ1) is 62.8. The van der Waals surface area contributed by atoms with E-state index in [1.54, 1.807) is 0 Å². The molecule has 0 spiro atoms. The lowest BCUT2D eigenvalue weighted by molar-refractivity contribution is 1.45. The van der Waals surface area contributed by atoms with Crippen molar-refractivity contribution >= 4 is 7.28 Å². The highest BCUT2D eigenvalue weighted by atomic mass is 13.3. The average molecular weight is 135 g/mol. The van der Waals surface area contributed by atoms with Crippen LogP contribution in [0.2, 0.25) is 13.1 Å². The summed E-state index contributed by atoms with van der Waals surface area (Å²) in [6.45, 7) is 4.18. The molecule has 0 atom stereocenters. The third-order valence-electron chi connectivity index (χ3n) is 0.408. The van der Waals surface area contributed by atoms with Gasteiger partial charge in [0.1, 0.15) is 7.28 Å². The minimum absolute atomic E-state index is 0. The Hall–Kier alpha value is 0.0649. The summed E-state index contributed by atoms with van der Waals surface area (Å²) in [5, 5.41) is 0. The number of hydrogen-bond donors (Lipinski definition) is 0. The van der Waals surface area contributed by atoms with Crippen LogP contribution in [0.15, 0.2) is 0 Å². The molecule has 1 radical (unpaired) electrons. The molecule has 0 rings (SSSR count). The van der Waals surface area contributed by atoms with Crippen molar-refractivity contribution in [2.45, 2.75) is 57.2 Å². The van der Waals surface area contributed by atoms with Crippen LogP contribution in [0.4, 0.5) is 0 Å². The molecule has 0 aliphatic heterocycles. The van der Waals surface area contributed by atoms with Crippen LogP contribution in [0.1, 0.15) is 44.1 Å². The summed E-state index contributed by atoms with van der Waals surface area (Å²) >= 11 is 0. The molecule has 0 saturated heterocycles. The molecule has 0 heterocycles. The second-order valence-electron chi connectivity index (χ2n) is 0.816. The summed E-state index contributed by atoms with van der Waals surface area (Å²) in [5.74, 6) is 0. The van der Waals surface area contributed by atoms with Crippen molar-refractivity contribution in [2.24, 2.45) is 0 Å². The first-order valence-electron chi connectivity index (χ1n) is 1.69. The predicted molar refractivity (Wildman–Crippen MR) is 55.8 cm³/mol. The van der Waals surface area contributed by atoms with Gasteiger partial charge in [0.25, 0.3) is 0 Å². The van der Waals surface area contributed by atoms with E-state index in [1.807, 2.05) is 0 Å². The van der Waals surface area contributed by atoms with E-state index in [0.717, 1.165) is 0 Å². The first-order chi connectivity index (χ1) is 1.91. The number of hydrogen-bond acceptors (Lipinski definition) is 0. The largest absolute Gasteiger partial charge is 0.105 e. The monoisotopic (exact) mass is 135 g/mol. The first-order valence-corrected chi connectivity index (χ1v) is 1.69. The lowest BCUT2D eigenvalue weighted by Crippen LogP contribution is -1.67. The maximum atomic E-state index is 2.12. The van der Waals surface area contributed by atoms with E-state index >= 15 is 0 Å². The van der Waals surface area contributed by atoms with Gasteiger partial charge in [0.2, 0.25) is 0 Å². The van der Waals surface area contributed by atoms with Gasteiger partial charge in [0.15, 0.2) is 0 Å². The molecule has 0 nitrogen and oxygen atoms in total. The van der Waals surface area contributed by atoms with Crippen LogP contribution in [0.5, 0.6) is 0 Å². The van der Waals surface area contributed by atoms with Gasteiger partial charge in [-0.25, -0.2) is 0 Å². The van der Waals surface area contributed by atoms with Crippen LogP contribution in [0.25, 0.3) is 0 Å². The Morgan fingerprint density at radius 2 is 1.00 bits per heavy atom. The molecule has 0 amide bonds. The SMILES string of the molecule is C.C.C.C.C.C[B]CC. The Labute approximate surface area is 65.3 Å². The molecular weight excluding hydrogens is 107 g/mol. The number of rotatable bonds is 1. The van der Waals surface area contributed by atoms with Gasteiger partial charge in [-0.1, -0.05) is 57.2 Å².